The summed E-state index contributed by atoms with van der Waals surface area (Å²) in [6, 6.07) is 7.55. The highest BCUT2D eigenvalue weighted by Gasteiger charge is 2.26. The van der Waals surface area contributed by atoms with Gasteiger partial charge in [-0.2, -0.15) is 0 Å². The quantitative estimate of drug-likeness (QED) is 0.233. The van der Waals surface area contributed by atoms with Crippen LogP contribution in [0.1, 0.15) is 45.9 Å². The number of nitrogens with one attached hydrogen (secondary N) is 1. The van der Waals surface area contributed by atoms with Crippen molar-refractivity contribution in [3.05, 3.63) is 50.6 Å². The van der Waals surface area contributed by atoms with Gasteiger partial charge in [0.2, 0.25) is 5.91 Å². The number of benzene rings is 1. The Bertz CT molecular complexity index is 1180. The average molecular weight is 566 g/mol. The summed E-state index contributed by atoms with van der Waals surface area (Å²) in [6.45, 7) is 0.265. The van der Waals surface area contributed by atoms with E-state index < -0.39 is 5.97 Å². The summed E-state index contributed by atoms with van der Waals surface area (Å²) >= 11 is 6.17. The normalized spacial score (nSPS) is 13.1. The number of esters is 1. The fraction of sp³-hybridized carbons (Fsp3) is 0.391. The average Bonchev–Trinajstić information content (AvgIpc) is 3.26. The van der Waals surface area contributed by atoms with E-state index in [1.807, 2.05) is 35.9 Å². The van der Waals surface area contributed by atoms with Crippen LogP contribution in [0.15, 0.2) is 33.9 Å². The van der Waals surface area contributed by atoms with E-state index >= 15 is 0 Å². The van der Waals surface area contributed by atoms with Crippen LogP contribution in [0.25, 0.3) is 0 Å². The summed E-state index contributed by atoms with van der Waals surface area (Å²) in [5, 5.41) is 12.5. The van der Waals surface area contributed by atoms with E-state index in [0.717, 1.165) is 47.9 Å². The lowest BCUT2D eigenvalue weighted by Crippen LogP contribution is -2.16. The van der Waals surface area contributed by atoms with Crippen LogP contribution in [0.5, 0.6) is 5.75 Å². The van der Waals surface area contributed by atoms with Crippen LogP contribution < -0.4 is 10.1 Å². The predicted octanol–water partition coefficient (Wildman–Crippen LogP) is 5.00. The van der Waals surface area contributed by atoms with Crippen LogP contribution in [0.3, 0.4) is 0 Å². The molecule has 0 spiro atoms. The fourth-order valence-corrected chi connectivity index (χ4v) is 6.00. The number of carbonyl (C=O) groups excluding carboxylic acids is 2. The maximum absolute atomic E-state index is 12.7. The molecule has 0 fully saturated rings. The summed E-state index contributed by atoms with van der Waals surface area (Å²) in [6.07, 6.45) is 5.05. The van der Waals surface area contributed by atoms with Crippen LogP contribution in [-0.2, 0) is 36.0 Å². The highest BCUT2D eigenvalue weighted by molar-refractivity contribution is 9.10. The lowest BCUT2D eigenvalue weighted by atomic mass is 10.1. The number of carbonyl (C=O) groups is 2. The molecule has 1 aliphatic carbocycles. The molecular formula is C23H25BrN4O4S2. The van der Waals surface area contributed by atoms with E-state index in [1.54, 1.807) is 0 Å². The number of halogens is 1. The molecule has 1 N–H and O–H groups in total. The standard InChI is InChI=1S/C23H25BrN4O4S2/c1-28-18(12-32-15-10-8-14(24)9-11-15)26-27-23(28)33-13-19(29)25-21-20(22(30)31-2)16-6-4-3-5-7-17(16)34-21/h8-11H,3-7,12-13H2,1-2H3,(H,25,29). The molecule has 2 heterocycles. The van der Waals surface area contributed by atoms with Gasteiger partial charge >= 0.3 is 5.97 Å². The van der Waals surface area contributed by atoms with Crippen LogP contribution >= 0.6 is 39.0 Å². The number of aromatic nitrogens is 3. The number of rotatable bonds is 8. The number of nitrogens with zero attached hydrogens (tertiary/aromatic N) is 3. The van der Waals surface area contributed by atoms with Crippen molar-refractivity contribution in [1.29, 1.82) is 0 Å². The Kier molecular flexibility index (Phi) is 8.28. The highest BCUT2D eigenvalue weighted by atomic mass is 79.9. The minimum Gasteiger partial charge on any atom is -0.486 e. The number of thiophene rings is 1. The third-order valence-corrected chi connectivity index (χ3v) is 8.26. The Hall–Kier alpha value is -2.37. The molecule has 0 bridgehead atoms. The van der Waals surface area contributed by atoms with Crippen molar-refractivity contribution in [2.24, 2.45) is 7.05 Å². The van der Waals surface area contributed by atoms with Gasteiger partial charge in [-0.15, -0.1) is 21.5 Å². The fourth-order valence-electron chi connectivity index (χ4n) is 3.72. The summed E-state index contributed by atoms with van der Waals surface area (Å²) in [5.41, 5.74) is 1.54. The maximum Gasteiger partial charge on any atom is 0.341 e. The minimum absolute atomic E-state index is 0.142. The molecule has 0 unspecified atom stereocenters. The van der Waals surface area contributed by atoms with E-state index in [1.165, 1.54) is 35.1 Å². The molecule has 1 aliphatic rings. The first-order valence-corrected chi connectivity index (χ1v) is 13.5. The number of anilines is 1. The van der Waals surface area contributed by atoms with Crippen molar-refractivity contribution in [2.45, 2.75) is 43.9 Å². The Morgan fingerprint density at radius 3 is 2.71 bits per heavy atom. The van der Waals surface area contributed by atoms with Crippen molar-refractivity contribution in [1.82, 2.24) is 14.8 Å². The summed E-state index contributed by atoms with van der Waals surface area (Å²) in [7, 11) is 3.21. The van der Waals surface area contributed by atoms with Gasteiger partial charge in [0.25, 0.3) is 0 Å². The van der Waals surface area contributed by atoms with E-state index in [9.17, 15) is 9.59 Å². The lowest BCUT2D eigenvalue weighted by Gasteiger charge is -2.08. The third-order valence-electron chi connectivity index (χ3n) is 5.50. The first kappa shape index (κ1) is 24.7. The second-order valence-electron chi connectivity index (χ2n) is 7.80. The van der Waals surface area contributed by atoms with Gasteiger partial charge in [-0.05, 0) is 55.5 Å². The van der Waals surface area contributed by atoms with Gasteiger partial charge in [0.15, 0.2) is 11.0 Å². The summed E-state index contributed by atoms with van der Waals surface area (Å²) in [4.78, 5) is 26.4. The van der Waals surface area contributed by atoms with Crippen molar-refractivity contribution in [2.75, 3.05) is 18.2 Å². The van der Waals surface area contributed by atoms with Gasteiger partial charge in [-0.3, -0.25) is 4.79 Å². The monoisotopic (exact) mass is 564 g/mol. The molecule has 11 heteroatoms. The smallest absolute Gasteiger partial charge is 0.341 e. The van der Waals surface area contributed by atoms with Crippen molar-refractivity contribution in [3.63, 3.8) is 0 Å². The Balaban J connectivity index is 1.37. The molecule has 2 aromatic heterocycles. The van der Waals surface area contributed by atoms with E-state index in [2.05, 4.69) is 31.4 Å². The third kappa shape index (κ3) is 5.81. The van der Waals surface area contributed by atoms with E-state index in [0.29, 0.717) is 21.5 Å². The SMILES string of the molecule is COC(=O)c1c(NC(=O)CSc2nnc(COc3ccc(Br)cc3)n2C)sc2c1CCCCC2. The van der Waals surface area contributed by atoms with E-state index in [-0.39, 0.29) is 18.3 Å². The molecular weight excluding hydrogens is 540 g/mol. The first-order valence-electron chi connectivity index (χ1n) is 10.9. The molecule has 1 aromatic carbocycles. The topological polar surface area (TPSA) is 95.3 Å². The second-order valence-corrected chi connectivity index (χ2v) is 10.8. The molecule has 0 aliphatic heterocycles. The Labute approximate surface area is 214 Å². The first-order chi connectivity index (χ1) is 16.5. The van der Waals surface area contributed by atoms with Crippen LogP contribution in [0.2, 0.25) is 0 Å². The lowest BCUT2D eigenvalue weighted by molar-refractivity contribution is -0.113. The molecule has 8 nitrogen and oxygen atoms in total. The van der Waals surface area contributed by atoms with E-state index in [4.69, 9.17) is 9.47 Å². The molecule has 0 saturated heterocycles. The number of thioether (sulfide) groups is 1. The number of hydrogen-bond acceptors (Lipinski definition) is 8. The zero-order valence-electron chi connectivity index (χ0n) is 18.9. The minimum atomic E-state index is -0.397. The van der Waals surface area contributed by atoms with Gasteiger partial charge in [-0.1, -0.05) is 34.1 Å². The molecule has 34 heavy (non-hydrogen) atoms. The maximum atomic E-state index is 12.7. The van der Waals surface area contributed by atoms with Gasteiger partial charge in [-0.25, -0.2) is 4.79 Å². The zero-order chi connectivity index (χ0) is 24.1. The molecule has 0 atom stereocenters. The largest absolute Gasteiger partial charge is 0.486 e. The van der Waals surface area contributed by atoms with Gasteiger partial charge in [0.05, 0.1) is 18.4 Å². The Morgan fingerprint density at radius 2 is 1.94 bits per heavy atom. The van der Waals surface area contributed by atoms with Gasteiger partial charge in [0, 0.05) is 16.4 Å². The van der Waals surface area contributed by atoms with Crippen LogP contribution in [-0.4, -0.2) is 39.5 Å². The number of aryl methyl sites for hydroxylation is 1. The van der Waals surface area contributed by atoms with Crippen LogP contribution in [0.4, 0.5) is 5.00 Å². The van der Waals surface area contributed by atoms with Gasteiger partial charge in [0.1, 0.15) is 17.4 Å². The van der Waals surface area contributed by atoms with Crippen molar-refractivity contribution in [3.8, 4) is 5.75 Å². The van der Waals surface area contributed by atoms with Crippen molar-refractivity contribution < 1.29 is 19.1 Å². The Morgan fingerprint density at radius 1 is 1.18 bits per heavy atom. The number of amides is 1. The molecule has 180 valence electrons. The molecule has 0 radical (unpaired) electrons. The summed E-state index contributed by atoms with van der Waals surface area (Å²) in [5.74, 6) is 0.924. The number of ether oxygens (including phenoxy) is 2. The number of methoxy groups -OCH3 is 1. The number of fused-ring (bicyclic) bond motifs is 1. The van der Waals surface area contributed by atoms with Crippen LogP contribution in [0, 0.1) is 0 Å². The molecule has 3 aromatic rings. The molecule has 0 saturated carbocycles. The molecule has 4 rings (SSSR count). The highest BCUT2D eigenvalue weighted by Crippen LogP contribution is 2.38. The summed E-state index contributed by atoms with van der Waals surface area (Å²) < 4.78 is 13.6. The molecule has 1 amide bonds. The van der Waals surface area contributed by atoms with Gasteiger partial charge < -0.3 is 19.4 Å². The predicted molar refractivity (Wildman–Crippen MR) is 136 cm³/mol. The van der Waals surface area contributed by atoms with Crippen molar-refractivity contribution >= 4 is 55.9 Å². The zero-order valence-corrected chi connectivity index (χ0v) is 22.1. The number of hydrogen-bond donors (Lipinski definition) is 1. The second kappa shape index (κ2) is 11.4.